The van der Waals surface area contributed by atoms with Gasteiger partial charge in [0, 0.05) is 6.92 Å². The van der Waals surface area contributed by atoms with E-state index in [9.17, 15) is 18.4 Å². The molecule has 0 aliphatic carbocycles. The molecular weight excluding hydrogens is 234 g/mol. The topological polar surface area (TPSA) is 135 Å². The third-order valence-corrected chi connectivity index (χ3v) is 1.08. The molecule has 0 aromatic carbocycles. The van der Waals surface area contributed by atoms with E-state index in [-0.39, 0.29) is 0 Å². The molecule has 0 aromatic rings. The smallest absolute Gasteiger partial charge is 0.335 e. The molecule has 0 radical (unpaired) electrons. The quantitative estimate of drug-likeness (QED) is 0.407. The summed E-state index contributed by atoms with van der Waals surface area (Å²) in [7, 11) is 0. The van der Waals surface area contributed by atoms with Gasteiger partial charge in [0.1, 0.15) is 6.61 Å². The maximum Gasteiger partial charge on any atom is 0.335 e. The average Bonchev–Trinajstić information content (AvgIpc) is 2.15. The molecular formula is C7H12F2O7. The van der Waals surface area contributed by atoms with Crippen molar-refractivity contribution in [1.29, 1.82) is 0 Å². The normalized spacial score (nSPS) is 14.4. The fraction of sp³-hybridized carbons (Fsp3) is 0.714. The summed E-state index contributed by atoms with van der Waals surface area (Å²) in [4.78, 5) is 19.5. The number of hydrogen-bond acceptors (Lipinski definition) is 5. The first kappa shape index (κ1) is 17.1. The largest absolute Gasteiger partial charge is 0.479 e. The van der Waals surface area contributed by atoms with Crippen LogP contribution in [-0.4, -0.2) is 62.2 Å². The van der Waals surface area contributed by atoms with Gasteiger partial charge in [-0.05, 0) is 0 Å². The van der Waals surface area contributed by atoms with Crippen molar-refractivity contribution in [3.05, 3.63) is 0 Å². The summed E-state index contributed by atoms with van der Waals surface area (Å²) in [6.45, 7) is -0.403. The van der Waals surface area contributed by atoms with Gasteiger partial charge in [-0.1, -0.05) is 0 Å². The van der Waals surface area contributed by atoms with Crippen LogP contribution in [0.1, 0.15) is 6.92 Å². The first-order valence-electron chi connectivity index (χ1n) is 3.83. The van der Waals surface area contributed by atoms with Gasteiger partial charge in [0.15, 0.2) is 12.2 Å². The average molecular weight is 246 g/mol. The molecule has 9 heteroatoms. The van der Waals surface area contributed by atoms with Crippen molar-refractivity contribution in [3.63, 3.8) is 0 Å². The van der Waals surface area contributed by atoms with Crippen molar-refractivity contribution in [2.45, 2.75) is 25.1 Å². The van der Waals surface area contributed by atoms with E-state index in [1.165, 1.54) is 0 Å². The van der Waals surface area contributed by atoms with Gasteiger partial charge in [0.25, 0.3) is 5.92 Å². The second-order valence-electron chi connectivity index (χ2n) is 2.79. The Kier molecular flexibility index (Phi) is 7.51. The summed E-state index contributed by atoms with van der Waals surface area (Å²) in [5, 5.41) is 40.2. The lowest BCUT2D eigenvalue weighted by Crippen LogP contribution is -2.39. The molecule has 0 aromatic heterocycles. The zero-order chi connectivity index (χ0) is 13.5. The van der Waals surface area contributed by atoms with Gasteiger partial charge in [-0.25, -0.2) is 18.4 Å². The van der Waals surface area contributed by atoms with Gasteiger partial charge in [-0.2, -0.15) is 0 Å². The standard InChI is InChI=1S/C4H6O6.C3H6F2O/c5-1(3(7)8)2(6)4(9)10;1-3(4,5)2-6/h1-2,5-6H,(H,7,8)(H,9,10);6H,2H2,1H3/t1-,2-;/m1./s1. The van der Waals surface area contributed by atoms with E-state index < -0.39 is 36.7 Å². The monoisotopic (exact) mass is 246 g/mol. The highest BCUT2D eigenvalue weighted by molar-refractivity contribution is 5.83. The van der Waals surface area contributed by atoms with Gasteiger partial charge in [0.2, 0.25) is 0 Å². The number of rotatable bonds is 4. The van der Waals surface area contributed by atoms with Crippen LogP contribution in [0.4, 0.5) is 8.78 Å². The summed E-state index contributed by atoms with van der Waals surface area (Å²) in [6.07, 6.45) is -4.53. The maximum atomic E-state index is 11.2. The van der Waals surface area contributed by atoms with E-state index in [2.05, 4.69) is 0 Å². The molecule has 16 heavy (non-hydrogen) atoms. The molecule has 0 spiro atoms. The molecule has 2 atom stereocenters. The summed E-state index contributed by atoms with van der Waals surface area (Å²) in [6, 6.07) is 0. The molecule has 0 fully saturated rings. The van der Waals surface area contributed by atoms with Crippen LogP contribution in [-0.2, 0) is 9.59 Å². The van der Waals surface area contributed by atoms with Crippen LogP contribution >= 0.6 is 0 Å². The number of halogens is 2. The fourth-order valence-corrected chi connectivity index (χ4v) is 0.270. The summed E-state index contributed by atoms with van der Waals surface area (Å²) < 4.78 is 22.4. The van der Waals surface area contributed by atoms with Crippen LogP contribution in [0.15, 0.2) is 0 Å². The van der Waals surface area contributed by atoms with Crippen LogP contribution in [0.5, 0.6) is 0 Å². The van der Waals surface area contributed by atoms with Crippen molar-refractivity contribution >= 4 is 11.9 Å². The minimum atomic E-state index is -2.90. The second-order valence-corrected chi connectivity index (χ2v) is 2.79. The Morgan fingerprint density at radius 2 is 1.31 bits per heavy atom. The molecule has 0 saturated carbocycles. The molecule has 0 rings (SSSR count). The number of carboxylic acids is 2. The number of aliphatic hydroxyl groups excluding tert-OH is 3. The Hall–Kier alpha value is -1.32. The van der Waals surface area contributed by atoms with Gasteiger partial charge < -0.3 is 25.5 Å². The lowest BCUT2D eigenvalue weighted by atomic mass is 10.2. The number of alkyl halides is 2. The molecule has 0 aliphatic heterocycles. The van der Waals surface area contributed by atoms with Gasteiger partial charge >= 0.3 is 11.9 Å². The maximum absolute atomic E-state index is 11.2. The fourth-order valence-electron chi connectivity index (χ4n) is 0.270. The molecule has 0 aliphatic rings. The minimum Gasteiger partial charge on any atom is -0.479 e. The highest BCUT2D eigenvalue weighted by Crippen LogP contribution is 2.07. The Balaban J connectivity index is 0. The lowest BCUT2D eigenvalue weighted by molar-refractivity contribution is -0.165. The third kappa shape index (κ3) is 9.24. The van der Waals surface area contributed by atoms with E-state index in [4.69, 9.17) is 25.5 Å². The van der Waals surface area contributed by atoms with Crippen LogP contribution < -0.4 is 0 Å². The number of aliphatic hydroxyl groups is 3. The number of aliphatic carboxylic acids is 2. The minimum absolute atomic E-state index is 0.660. The zero-order valence-electron chi connectivity index (χ0n) is 8.17. The molecule has 0 saturated heterocycles. The van der Waals surface area contributed by atoms with Gasteiger partial charge in [-0.3, -0.25) is 0 Å². The van der Waals surface area contributed by atoms with Gasteiger partial charge in [-0.15, -0.1) is 0 Å². The SMILES string of the molecule is CC(F)(F)CO.O=C(O)[C@H](O)[C@@H](O)C(=O)O. The molecule has 7 nitrogen and oxygen atoms in total. The first-order chi connectivity index (χ1) is 7.02. The second kappa shape index (κ2) is 7.04. The molecule has 0 heterocycles. The van der Waals surface area contributed by atoms with Crippen LogP contribution in [0.2, 0.25) is 0 Å². The van der Waals surface area contributed by atoms with Crippen LogP contribution in [0, 0.1) is 0 Å². The van der Waals surface area contributed by atoms with E-state index >= 15 is 0 Å². The predicted molar refractivity (Wildman–Crippen MR) is 45.0 cm³/mol. The molecule has 0 unspecified atom stereocenters. The summed E-state index contributed by atoms with van der Waals surface area (Å²) >= 11 is 0. The van der Waals surface area contributed by atoms with E-state index in [0.29, 0.717) is 6.92 Å². The predicted octanol–water partition coefficient (Wildman–Crippen LogP) is -1.49. The van der Waals surface area contributed by atoms with Crippen molar-refractivity contribution in [3.8, 4) is 0 Å². The van der Waals surface area contributed by atoms with E-state index in [1.807, 2.05) is 0 Å². The number of carbonyl (C=O) groups is 2. The Labute approximate surface area is 88.6 Å². The van der Waals surface area contributed by atoms with E-state index in [0.717, 1.165) is 0 Å². The van der Waals surface area contributed by atoms with Crippen molar-refractivity contribution in [1.82, 2.24) is 0 Å². The summed E-state index contributed by atoms with van der Waals surface area (Å²) in [5.41, 5.74) is 0. The zero-order valence-corrected chi connectivity index (χ0v) is 8.17. The summed E-state index contributed by atoms with van der Waals surface area (Å²) in [5.74, 6) is -6.44. The van der Waals surface area contributed by atoms with Gasteiger partial charge in [0.05, 0.1) is 0 Å². The third-order valence-electron chi connectivity index (χ3n) is 1.08. The van der Waals surface area contributed by atoms with Crippen molar-refractivity contribution in [2.75, 3.05) is 6.61 Å². The lowest BCUT2D eigenvalue weighted by Gasteiger charge is -2.07. The molecule has 5 N–H and O–H groups in total. The molecule has 0 amide bonds. The highest BCUT2D eigenvalue weighted by atomic mass is 19.3. The highest BCUT2D eigenvalue weighted by Gasteiger charge is 2.29. The van der Waals surface area contributed by atoms with Crippen LogP contribution in [0.3, 0.4) is 0 Å². The number of hydrogen-bond donors (Lipinski definition) is 5. The first-order valence-corrected chi connectivity index (χ1v) is 3.83. The van der Waals surface area contributed by atoms with Crippen molar-refractivity contribution in [2.24, 2.45) is 0 Å². The Morgan fingerprint density at radius 3 is 1.38 bits per heavy atom. The van der Waals surface area contributed by atoms with Crippen molar-refractivity contribution < 1.29 is 43.9 Å². The molecule has 96 valence electrons. The Morgan fingerprint density at radius 1 is 1.12 bits per heavy atom. The Bertz CT molecular complexity index is 219. The van der Waals surface area contributed by atoms with E-state index in [1.54, 1.807) is 0 Å². The van der Waals surface area contributed by atoms with Crippen LogP contribution in [0.25, 0.3) is 0 Å². The number of carboxylic acid groups (broad SMARTS) is 2. The molecule has 0 bridgehead atoms.